The van der Waals surface area contributed by atoms with Gasteiger partial charge in [-0.15, -0.1) is 0 Å². The van der Waals surface area contributed by atoms with Gasteiger partial charge in [-0.25, -0.2) is 0 Å². The highest BCUT2D eigenvalue weighted by atomic mass is 16.5. The molecule has 1 aliphatic heterocycles. The Morgan fingerprint density at radius 2 is 2.29 bits per heavy atom. The number of benzene rings is 1. The molecule has 0 aliphatic carbocycles. The topological polar surface area (TPSA) is 38.3 Å². The van der Waals surface area contributed by atoms with E-state index in [9.17, 15) is 4.79 Å². The molecule has 0 bridgehead atoms. The molecule has 1 amide bonds. The van der Waals surface area contributed by atoms with Crippen LogP contribution in [0.1, 0.15) is 37.5 Å². The summed E-state index contributed by atoms with van der Waals surface area (Å²) in [5.41, 5.74) is 2.24. The molecule has 2 unspecified atom stereocenters. The van der Waals surface area contributed by atoms with Gasteiger partial charge in [0.2, 0.25) is 0 Å². The van der Waals surface area contributed by atoms with Crippen LogP contribution in [0.5, 0.6) is 0 Å². The average molecular weight is 233 g/mol. The summed E-state index contributed by atoms with van der Waals surface area (Å²) in [6.07, 6.45) is 1.39. The minimum absolute atomic E-state index is 0.0218. The Labute approximate surface area is 102 Å². The van der Waals surface area contributed by atoms with Crippen LogP contribution < -0.4 is 5.32 Å². The molecule has 92 valence electrons. The van der Waals surface area contributed by atoms with Crippen LogP contribution in [0.3, 0.4) is 0 Å². The lowest BCUT2D eigenvalue weighted by Gasteiger charge is -2.26. The molecule has 3 heteroatoms. The fraction of sp³-hybridized carbons (Fsp3) is 0.500. The van der Waals surface area contributed by atoms with Gasteiger partial charge in [0.05, 0.1) is 6.61 Å². The van der Waals surface area contributed by atoms with Crippen molar-refractivity contribution >= 4 is 5.91 Å². The molecule has 0 saturated carbocycles. The lowest BCUT2D eigenvalue weighted by atomic mass is 9.97. The molecule has 1 N–H and O–H groups in total. The summed E-state index contributed by atoms with van der Waals surface area (Å²) in [5.74, 6) is -0.0218. The zero-order valence-electron chi connectivity index (χ0n) is 10.4. The summed E-state index contributed by atoms with van der Waals surface area (Å²) in [4.78, 5) is 12.1. The number of carbonyl (C=O) groups excluding carboxylic acids is 1. The summed E-state index contributed by atoms with van der Waals surface area (Å²) < 4.78 is 5.60. The van der Waals surface area contributed by atoms with Crippen LogP contribution in [-0.2, 0) is 16.0 Å². The summed E-state index contributed by atoms with van der Waals surface area (Å²) >= 11 is 0. The van der Waals surface area contributed by atoms with Crippen molar-refractivity contribution in [2.75, 3.05) is 6.61 Å². The first-order valence-corrected chi connectivity index (χ1v) is 6.22. The zero-order valence-corrected chi connectivity index (χ0v) is 10.4. The Balaban J connectivity index is 2.15. The molecule has 0 fully saturated rings. The van der Waals surface area contributed by atoms with Gasteiger partial charge in [-0.2, -0.15) is 0 Å². The number of rotatable bonds is 3. The van der Waals surface area contributed by atoms with E-state index in [1.165, 1.54) is 5.56 Å². The number of nitrogens with one attached hydrogen (secondary N) is 1. The Morgan fingerprint density at radius 1 is 1.53 bits per heavy atom. The van der Waals surface area contributed by atoms with Gasteiger partial charge in [0.1, 0.15) is 0 Å². The van der Waals surface area contributed by atoms with Gasteiger partial charge in [-0.3, -0.25) is 4.79 Å². The van der Waals surface area contributed by atoms with Crippen molar-refractivity contribution in [3.63, 3.8) is 0 Å². The highest BCUT2D eigenvalue weighted by Crippen LogP contribution is 2.27. The summed E-state index contributed by atoms with van der Waals surface area (Å²) in [5, 5.41) is 2.98. The highest BCUT2D eigenvalue weighted by molar-refractivity contribution is 5.83. The van der Waals surface area contributed by atoms with E-state index >= 15 is 0 Å². The van der Waals surface area contributed by atoms with E-state index in [0.717, 1.165) is 18.4 Å². The van der Waals surface area contributed by atoms with Gasteiger partial charge in [-0.1, -0.05) is 31.2 Å². The quantitative estimate of drug-likeness (QED) is 0.869. The third-order valence-electron chi connectivity index (χ3n) is 3.23. The summed E-state index contributed by atoms with van der Waals surface area (Å²) in [7, 11) is 0. The lowest BCUT2D eigenvalue weighted by molar-refractivity contribution is -0.134. The van der Waals surface area contributed by atoms with Crippen LogP contribution in [0.2, 0.25) is 0 Å². The van der Waals surface area contributed by atoms with E-state index in [1.807, 2.05) is 25.1 Å². The smallest absolute Gasteiger partial charge is 0.253 e. The SMILES string of the molecule is CCC(C)NC(=O)C1OCCc2ccccc21. The van der Waals surface area contributed by atoms with Crippen LogP contribution >= 0.6 is 0 Å². The Kier molecular flexibility index (Phi) is 3.79. The van der Waals surface area contributed by atoms with Gasteiger partial charge in [-0.05, 0) is 30.9 Å². The van der Waals surface area contributed by atoms with Crippen molar-refractivity contribution in [1.29, 1.82) is 0 Å². The van der Waals surface area contributed by atoms with E-state index in [2.05, 4.69) is 18.3 Å². The molecular formula is C14H19NO2. The Morgan fingerprint density at radius 3 is 3.06 bits per heavy atom. The second-order valence-corrected chi connectivity index (χ2v) is 4.52. The van der Waals surface area contributed by atoms with Gasteiger partial charge in [0, 0.05) is 6.04 Å². The predicted molar refractivity (Wildman–Crippen MR) is 66.7 cm³/mol. The molecule has 3 nitrogen and oxygen atoms in total. The Bertz CT molecular complexity index is 403. The lowest BCUT2D eigenvalue weighted by Crippen LogP contribution is -2.38. The minimum atomic E-state index is -0.436. The van der Waals surface area contributed by atoms with Crippen LogP contribution in [0.25, 0.3) is 0 Å². The molecular weight excluding hydrogens is 214 g/mol. The van der Waals surface area contributed by atoms with Crippen LogP contribution in [-0.4, -0.2) is 18.6 Å². The molecule has 17 heavy (non-hydrogen) atoms. The predicted octanol–water partition coefficient (Wildman–Crippen LogP) is 2.22. The van der Waals surface area contributed by atoms with Crippen LogP contribution in [0.15, 0.2) is 24.3 Å². The third kappa shape index (κ3) is 2.67. The number of amides is 1. The second-order valence-electron chi connectivity index (χ2n) is 4.52. The maximum atomic E-state index is 12.1. The summed E-state index contributed by atoms with van der Waals surface area (Å²) in [6, 6.07) is 8.21. The minimum Gasteiger partial charge on any atom is -0.363 e. The first-order valence-electron chi connectivity index (χ1n) is 6.22. The van der Waals surface area contributed by atoms with Crippen molar-refractivity contribution < 1.29 is 9.53 Å². The van der Waals surface area contributed by atoms with Crippen molar-refractivity contribution in [3.8, 4) is 0 Å². The first kappa shape index (κ1) is 12.1. The maximum Gasteiger partial charge on any atom is 0.253 e. The van der Waals surface area contributed by atoms with E-state index < -0.39 is 6.10 Å². The molecule has 0 aromatic heterocycles. The number of ether oxygens (including phenoxy) is 1. The van der Waals surface area contributed by atoms with E-state index in [-0.39, 0.29) is 11.9 Å². The fourth-order valence-corrected chi connectivity index (χ4v) is 2.03. The van der Waals surface area contributed by atoms with Crippen molar-refractivity contribution in [1.82, 2.24) is 5.32 Å². The molecule has 1 aliphatic rings. The Hall–Kier alpha value is -1.35. The van der Waals surface area contributed by atoms with Gasteiger partial charge >= 0.3 is 0 Å². The van der Waals surface area contributed by atoms with Crippen molar-refractivity contribution in [2.45, 2.75) is 38.8 Å². The molecule has 0 radical (unpaired) electrons. The van der Waals surface area contributed by atoms with E-state index in [0.29, 0.717) is 6.61 Å². The summed E-state index contributed by atoms with van der Waals surface area (Å²) in [6.45, 7) is 4.68. The molecule has 2 rings (SSSR count). The standard InChI is InChI=1S/C14H19NO2/c1-3-10(2)15-14(16)13-12-7-5-4-6-11(12)8-9-17-13/h4-7,10,13H,3,8-9H2,1-2H3,(H,15,16). The van der Waals surface area contributed by atoms with Gasteiger partial charge in [0.15, 0.2) is 6.10 Å². The number of hydrogen-bond donors (Lipinski definition) is 1. The number of carbonyl (C=O) groups is 1. The highest BCUT2D eigenvalue weighted by Gasteiger charge is 2.27. The van der Waals surface area contributed by atoms with E-state index in [4.69, 9.17) is 4.74 Å². The molecule has 0 spiro atoms. The van der Waals surface area contributed by atoms with Crippen LogP contribution in [0.4, 0.5) is 0 Å². The molecule has 1 aromatic carbocycles. The van der Waals surface area contributed by atoms with Gasteiger partial charge in [0.25, 0.3) is 5.91 Å². The molecule has 1 aromatic rings. The number of hydrogen-bond acceptors (Lipinski definition) is 2. The van der Waals surface area contributed by atoms with Crippen molar-refractivity contribution in [3.05, 3.63) is 35.4 Å². The first-order chi connectivity index (χ1) is 8.22. The van der Waals surface area contributed by atoms with Crippen LogP contribution in [0, 0.1) is 0 Å². The monoisotopic (exact) mass is 233 g/mol. The molecule has 1 heterocycles. The second kappa shape index (κ2) is 5.32. The van der Waals surface area contributed by atoms with Crippen molar-refractivity contribution in [2.24, 2.45) is 0 Å². The maximum absolute atomic E-state index is 12.1. The number of fused-ring (bicyclic) bond motifs is 1. The molecule has 2 atom stereocenters. The average Bonchev–Trinajstić information content (AvgIpc) is 2.37. The van der Waals surface area contributed by atoms with Gasteiger partial charge < -0.3 is 10.1 Å². The zero-order chi connectivity index (χ0) is 12.3. The third-order valence-corrected chi connectivity index (χ3v) is 3.23. The van der Waals surface area contributed by atoms with E-state index in [1.54, 1.807) is 0 Å². The normalized spacial score (nSPS) is 20.5. The molecule has 0 saturated heterocycles. The fourth-order valence-electron chi connectivity index (χ4n) is 2.03. The largest absolute Gasteiger partial charge is 0.363 e.